The average Bonchev–Trinajstić information content (AvgIpc) is 3.46. The van der Waals surface area contributed by atoms with Crippen LogP contribution in [0.25, 0.3) is 11.3 Å². The quantitative estimate of drug-likeness (QED) is 0.113. The molecule has 4 aromatic carbocycles. The predicted molar refractivity (Wildman–Crippen MR) is 167 cm³/mol. The van der Waals surface area contributed by atoms with Crippen LogP contribution in [0, 0.1) is 0 Å². The largest absolute Gasteiger partial charge is 0.483 e. The van der Waals surface area contributed by atoms with Crippen molar-refractivity contribution in [3.8, 4) is 17.0 Å². The molecule has 0 saturated heterocycles. The van der Waals surface area contributed by atoms with E-state index in [2.05, 4.69) is 42.1 Å². The lowest BCUT2D eigenvalue weighted by molar-refractivity contribution is -0.118. The van der Waals surface area contributed by atoms with Crippen molar-refractivity contribution in [3.05, 3.63) is 124 Å². The van der Waals surface area contributed by atoms with Gasteiger partial charge in [0.15, 0.2) is 11.7 Å². The van der Waals surface area contributed by atoms with Gasteiger partial charge in [-0.1, -0.05) is 64.5 Å². The third-order valence-electron chi connectivity index (χ3n) is 5.73. The Kier molecular flexibility index (Phi) is 9.15. The van der Waals surface area contributed by atoms with E-state index in [0.717, 1.165) is 26.5 Å². The van der Waals surface area contributed by atoms with Gasteiger partial charge in [-0.15, -0.1) is 11.3 Å². The second-order valence-corrected chi connectivity index (χ2v) is 10.5. The molecule has 1 aromatic heterocycles. The molecular formula is C31H24BrN5O3S. The number of benzene rings is 4. The van der Waals surface area contributed by atoms with Gasteiger partial charge in [0.05, 0.1) is 11.9 Å². The molecule has 0 aliphatic rings. The number of hydrogen-bond donors (Lipinski definition) is 3. The molecule has 0 unspecified atom stereocenters. The maximum absolute atomic E-state index is 12.7. The number of hydrogen-bond acceptors (Lipinski definition) is 7. The summed E-state index contributed by atoms with van der Waals surface area (Å²) in [5.41, 5.74) is 6.95. The smallest absolute Gasteiger partial charge is 0.271 e. The first-order valence-corrected chi connectivity index (χ1v) is 14.2. The Balaban J connectivity index is 1.17. The lowest BCUT2D eigenvalue weighted by atomic mass is 10.1. The number of carbonyl (C=O) groups is 2. The summed E-state index contributed by atoms with van der Waals surface area (Å²) < 4.78 is 6.51. The molecule has 0 atom stereocenters. The molecule has 3 N–H and O–H groups in total. The number of aromatic nitrogens is 1. The lowest BCUT2D eigenvalue weighted by Gasteiger charge is -2.10. The van der Waals surface area contributed by atoms with E-state index in [1.54, 1.807) is 42.5 Å². The minimum atomic E-state index is -0.364. The summed E-state index contributed by atoms with van der Waals surface area (Å²) in [6.45, 7) is -0.182. The number of rotatable bonds is 10. The number of para-hydroxylation sites is 2. The van der Waals surface area contributed by atoms with Crippen molar-refractivity contribution < 1.29 is 14.3 Å². The molecule has 10 heteroatoms. The standard InChI is InChI=1S/C31H24BrN5O3S/c32-24-15-16-28(40-19-29(38)34-25-7-3-1-4-8-25)23(17-24)18-33-37-30(39)22-13-11-21(12-14-22)27-20-41-31(36-27)35-26-9-5-2-6-10-26/h1-18,20H,19H2,(H,34,38)(H,35,36)(H,37,39)/b33-18+. The summed E-state index contributed by atoms with van der Waals surface area (Å²) in [6.07, 6.45) is 1.47. The highest BCUT2D eigenvalue weighted by atomic mass is 79.9. The third-order valence-corrected chi connectivity index (χ3v) is 6.98. The van der Waals surface area contributed by atoms with Gasteiger partial charge in [0.1, 0.15) is 5.75 Å². The normalized spacial score (nSPS) is 10.8. The molecule has 1 heterocycles. The number of halogens is 1. The number of nitrogens with one attached hydrogen (secondary N) is 3. The number of carbonyl (C=O) groups excluding carboxylic acids is 2. The van der Waals surface area contributed by atoms with Crippen LogP contribution in [0.2, 0.25) is 0 Å². The van der Waals surface area contributed by atoms with E-state index in [4.69, 9.17) is 4.74 Å². The lowest BCUT2D eigenvalue weighted by Crippen LogP contribution is -2.20. The van der Waals surface area contributed by atoms with Crippen LogP contribution >= 0.6 is 27.3 Å². The molecule has 0 bridgehead atoms. The van der Waals surface area contributed by atoms with Crippen molar-refractivity contribution in [1.82, 2.24) is 10.4 Å². The van der Waals surface area contributed by atoms with Crippen LogP contribution < -0.4 is 20.8 Å². The van der Waals surface area contributed by atoms with Crippen LogP contribution in [0.15, 0.2) is 118 Å². The van der Waals surface area contributed by atoms with E-state index < -0.39 is 0 Å². The average molecular weight is 627 g/mol. The van der Waals surface area contributed by atoms with Crippen molar-refractivity contribution in [2.45, 2.75) is 0 Å². The Morgan fingerprint density at radius 1 is 0.902 bits per heavy atom. The summed E-state index contributed by atoms with van der Waals surface area (Å²) in [6, 6.07) is 31.4. The molecule has 8 nitrogen and oxygen atoms in total. The molecule has 41 heavy (non-hydrogen) atoms. The molecular weight excluding hydrogens is 602 g/mol. The van der Waals surface area contributed by atoms with Crippen LogP contribution in [-0.2, 0) is 4.79 Å². The van der Waals surface area contributed by atoms with Crippen molar-refractivity contribution in [1.29, 1.82) is 0 Å². The second kappa shape index (κ2) is 13.5. The molecule has 0 radical (unpaired) electrons. The topological polar surface area (TPSA) is 105 Å². The van der Waals surface area contributed by atoms with E-state index in [-0.39, 0.29) is 18.4 Å². The first-order valence-electron chi connectivity index (χ1n) is 12.5. The van der Waals surface area contributed by atoms with Gasteiger partial charge in [0, 0.05) is 37.9 Å². The Hall–Kier alpha value is -4.80. The molecule has 5 rings (SSSR count). The fourth-order valence-corrected chi connectivity index (χ4v) is 4.86. The van der Waals surface area contributed by atoms with E-state index in [1.165, 1.54) is 17.6 Å². The van der Waals surface area contributed by atoms with Gasteiger partial charge < -0.3 is 15.4 Å². The molecule has 204 valence electrons. The predicted octanol–water partition coefficient (Wildman–Crippen LogP) is 7.10. The Bertz CT molecular complexity index is 1660. The SMILES string of the molecule is O=C(COc1ccc(Br)cc1/C=N/NC(=O)c1ccc(-c2csc(Nc3ccccc3)n2)cc1)Nc1ccccc1. The van der Waals surface area contributed by atoms with Crippen LogP contribution in [0.5, 0.6) is 5.75 Å². The first-order chi connectivity index (χ1) is 20.0. The van der Waals surface area contributed by atoms with Crippen LogP contribution in [-0.4, -0.2) is 29.6 Å². The maximum Gasteiger partial charge on any atom is 0.271 e. The van der Waals surface area contributed by atoms with Crippen LogP contribution in [0.3, 0.4) is 0 Å². The van der Waals surface area contributed by atoms with Crippen molar-refractivity contribution in [3.63, 3.8) is 0 Å². The van der Waals surface area contributed by atoms with Gasteiger partial charge >= 0.3 is 0 Å². The van der Waals surface area contributed by atoms with Gasteiger partial charge in [-0.3, -0.25) is 9.59 Å². The summed E-state index contributed by atoms with van der Waals surface area (Å²) in [4.78, 5) is 29.6. The molecule has 0 spiro atoms. The fourth-order valence-electron chi connectivity index (χ4n) is 3.74. The first kappa shape index (κ1) is 27.8. The highest BCUT2D eigenvalue weighted by molar-refractivity contribution is 9.10. The molecule has 0 fully saturated rings. The van der Waals surface area contributed by atoms with Gasteiger partial charge in [0.25, 0.3) is 11.8 Å². The summed E-state index contributed by atoms with van der Waals surface area (Å²) in [5, 5.41) is 12.9. The summed E-state index contributed by atoms with van der Waals surface area (Å²) in [7, 11) is 0. The van der Waals surface area contributed by atoms with Crippen molar-refractivity contribution in [2.24, 2.45) is 5.10 Å². The molecule has 0 aliphatic heterocycles. The zero-order chi connectivity index (χ0) is 28.4. The Morgan fingerprint density at radius 2 is 1.61 bits per heavy atom. The fraction of sp³-hybridized carbons (Fsp3) is 0.0323. The van der Waals surface area contributed by atoms with Gasteiger partial charge in [-0.25, -0.2) is 10.4 Å². The number of amides is 2. The highest BCUT2D eigenvalue weighted by Crippen LogP contribution is 2.27. The van der Waals surface area contributed by atoms with E-state index >= 15 is 0 Å². The van der Waals surface area contributed by atoms with Gasteiger partial charge in [-0.2, -0.15) is 5.10 Å². The van der Waals surface area contributed by atoms with Crippen molar-refractivity contribution in [2.75, 3.05) is 17.2 Å². The second-order valence-electron chi connectivity index (χ2n) is 8.69. The number of thiazole rings is 1. The zero-order valence-electron chi connectivity index (χ0n) is 21.6. The van der Waals surface area contributed by atoms with Crippen molar-refractivity contribution >= 4 is 61.8 Å². The molecule has 0 saturated carbocycles. The van der Waals surface area contributed by atoms with Crippen LogP contribution in [0.1, 0.15) is 15.9 Å². The summed E-state index contributed by atoms with van der Waals surface area (Å²) in [5.74, 6) is -0.208. The summed E-state index contributed by atoms with van der Waals surface area (Å²) >= 11 is 4.94. The number of anilines is 3. The maximum atomic E-state index is 12.7. The van der Waals surface area contributed by atoms with Crippen LogP contribution in [0.4, 0.5) is 16.5 Å². The number of hydrazone groups is 1. The van der Waals surface area contributed by atoms with Gasteiger partial charge in [0.2, 0.25) is 0 Å². The third kappa shape index (κ3) is 7.87. The number of nitrogens with zero attached hydrogens (tertiary/aromatic N) is 2. The minimum Gasteiger partial charge on any atom is -0.483 e. The molecule has 2 amide bonds. The monoisotopic (exact) mass is 625 g/mol. The van der Waals surface area contributed by atoms with E-state index in [0.29, 0.717) is 22.6 Å². The zero-order valence-corrected chi connectivity index (χ0v) is 24.0. The van der Waals surface area contributed by atoms with Gasteiger partial charge in [-0.05, 0) is 54.6 Å². The minimum absolute atomic E-state index is 0.182. The van der Waals surface area contributed by atoms with E-state index in [1.807, 2.05) is 66.0 Å². The number of ether oxygens (including phenoxy) is 1. The molecule has 5 aromatic rings. The highest BCUT2D eigenvalue weighted by Gasteiger charge is 2.10. The Morgan fingerprint density at radius 3 is 2.34 bits per heavy atom. The Labute approximate surface area is 249 Å². The van der Waals surface area contributed by atoms with E-state index in [9.17, 15) is 9.59 Å². The molecule has 0 aliphatic carbocycles.